The lowest BCUT2D eigenvalue weighted by atomic mass is 10.2. The Morgan fingerprint density at radius 3 is 2.41 bits per heavy atom. The summed E-state index contributed by atoms with van der Waals surface area (Å²) in [6.45, 7) is 0.606. The zero-order chi connectivity index (χ0) is 15.4. The summed E-state index contributed by atoms with van der Waals surface area (Å²) >= 11 is 12.4. The highest BCUT2D eigenvalue weighted by molar-refractivity contribution is 7.65. The lowest BCUT2D eigenvalue weighted by Gasteiger charge is -2.31. The molecule has 0 aromatic heterocycles. The van der Waals surface area contributed by atoms with E-state index < -0.39 is 4.33 Å². The van der Waals surface area contributed by atoms with Gasteiger partial charge in [-0.2, -0.15) is 0 Å². The topological polar surface area (TPSA) is 9.23 Å². The third-order valence-electron chi connectivity index (χ3n) is 3.93. The van der Waals surface area contributed by atoms with E-state index >= 15 is 0 Å². The van der Waals surface area contributed by atoms with Gasteiger partial charge < -0.3 is 4.74 Å². The van der Waals surface area contributed by atoms with E-state index in [1.807, 2.05) is 24.3 Å². The van der Waals surface area contributed by atoms with Gasteiger partial charge in [-0.05, 0) is 48.2 Å². The summed E-state index contributed by atoms with van der Waals surface area (Å²) in [6, 6.07) is 18.7. The Labute approximate surface area is 143 Å². The van der Waals surface area contributed by atoms with Gasteiger partial charge in [0, 0.05) is 0 Å². The highest BCUT2D eigenvalue weighted by atomic mass is 35.5. The van der Waals surface area contributed by atoms with Crippen molar-refractivity contribution in [1.82, 2.24) is 0 Å². The molecule has 1 nitrogen and oxygen atoms in total. The van der Waals surface area contributed by atoms with Crippen molar-refractivity contribution in [3.8, 4) is 5.75 Å². The number of ether oxygens (including phenoxy) is 1. The van der Waals surface area contributed by atoms with Crippen molar-refractivity contribution in [2.45, 2.75) is 23.8 Å². The smallest absolute Gasteiger partial charge is 0.120 e. The molecule has 3 rings (SSSR count). The quantitative estimate of drug-likeness (QED) is 0.533. The number of rotatable bonds is 4. The van der Waals surface area contributed by atoms with Crippen LogP contribution < -0.4 is 10.0 Å². The van der Waals surface area contributed by atoms with E-state index in [1.54, 1.807) is 0 Å². The summed E-state index contributed by atoms with van der Waals surface area (Å²) in [5, 5.41) is 1.39. The third kappa shape index (κ3) is 4.38. The van der Waals surface area contributed by atoms with Crippen LogP contribution in [0, 0.1) is 0 Å². The van der Waals surface area contributed by atoms with Gasteiger partial charge in [0.1, 0.15) is 16.7 Å². The van der Waals surface area contributed by atoms with Gasteiger partial charge >= 0.3 is 0 Å². The largest absolute Gasteiger partial charge is 0.489 e. The molecule has 1 heterocycles. The Morgan fingerprint density at radius 2 is 1.68 bits per heavy atom. The average molecular weight is 353 g/mol. The standard InChI is InChI=1S/C18H19Cl2OP/c19-18(20)9-11-22(12-10-18)17-8-4-7-16(13-17)21-14-15-5-2-1-3-6-15/h1-8,13H,9-12,14H2. The van der Waals surface area contributed by atoms with Crippen LogP contribution in [0.4, 0.5) is 0 Å². The number of halogens is 2. The first-order valence-electron chi connectivity index (χ1n) is 7.52. The van der Waals surface area contributed by atoms with E-state index in [1.165, 1.54) is 10.9 Å². The van der Waals surface area contributed by atoms with Crippen molar-refractivity contribution in [3.05, 3.63) is 60.2 Å². The second-order valence-electron chi connectivity index (χ2n) is 5.61. The van der Waals surface area contributed by atoms with Crippen molar-refractivity contribution in [3.63, 3.8) is 0 Å². The summed E-state index contributed by atoms with van der Waals surface area (Å²) in [5.74, 6) is 0.942. The Kier molecular flexibility index (Phi) is 5.29. The van der Waals surface area contributed by atoms with Crippen LogP contribution in [0.5, 0.6) is 5.75 Å². The van der Waals surface area contributed by atoms with Crippen LogP contribution in [0.2, 0.25) is 0 Å². The summed E-state index contributed by atoms with van der Waals surface area (Å²) < 4.78 is 5.41. The SMILES string of the molecule is ClC1(Cl)CCP(c2cccc(OCc3ccccc3)c2)CC1. The van der Waals surface area contributed by atoms with E-state index in [0.717, 1.165) is 30.9 Å². The molecule has 2 aromatic carbocycles. The van der Waals surface area contributed by atoms with E-state index in [4.69, 9.17) is 27.9 Å². The zero-order valence-electron chi connectivity index (χ0n) is 12.3. The molecule has 1 aliphatic heterocycles. The lowest BCUT2D eigenvalue weighted by molar-refractivity contribution is 0.306. The first kappa shape index (κ1) is 16.1. The summed E-state index contributed by atoms with van der Waals surface area (Å²) in [6.07, 6.45) is 3.97. The lowest BCUT2D eigenvalue weighted by Crippen LogP contribution is -2.24. The van der Waals surface area contributed by atoms with Gasteiger partial charge in [0.2, 0.25) is 0 Å². The van der Waals surface area contributed by atoms with Crippen LogP contribution in [-0.4, -0.2) is 16.7 Å². The molecule has 0 atom stereocenters. The molecular weight excluding hydrogens is 334 g/mol. The molecular formula is C18H19Cl2OP. The predicted molar refractivity (Wildman–Crippen MR) is 97.2 cm³/mol. The minimum atomic E-state index is -0.514. The number of hydrogen-bond acceptors (Lipinski definition) is 1. The molecule has 0 radical (unpaired) electrons. The Bertz CT molecular complexity index is 605. The Hall–Kier alpha value is -0.750. The zero-order valence-corrected chi connectivity index (χ0v) is 14.7. The summed E-state index contributed by atoms with van der Waals surface area (Å²) in [5.41, 5.74) is 1.19. The molecule has 0 saturated carbocycles. The van der Waals surface area contributed by atoms with Gasteiger partial charge in [-0.25, -0.2) is 0 Å². The van der Waals surface area contributed by atoms with Crippen molar-refractivity contribution >= 4 is 36.4 Å². The van der Waals surface area contributed by atoms with E-state index in [2.05, 4.69) is 30.3 Å². The van der Waals surface area contributed by atoms with E-state index in [-0.39, 0.29) is 7.92 Å². The molecule has 4 heteroatoms. The third-order valence-corrected chi connectivity index (χ3v) is 7.22. The van der Waals surface area contributed by atoms with Gasteiger partial charge in [0.15, 0.2) is 0 Å². The van der Waals surface area contributed by atoms with Crippen LogP contribution >= 0.6 is 31.1 Å². The van der Waals surface area contributed by atoms with Crippen LogP contribution in [0.3, 0.4) is 0 Å². The molecule has 1 fully saturated rings. The molecule has 2 aromatic rings. The second kappa shape index (κ2) is 7.21. The van der Waals surface area contributed by atoms with Gasteiger partial charge in [0.05, 0.1) is 0 Å². The molecule has 116 valence electrons. The maximum absolute atomic E-state index is 6.22. The fourth-order valence-corrected chi connectivity index (χ4v) is 6.16. The van der Waals surface area contributed by atoms with Crippen molar-refractivity contribution < 1.29 is 4.74 Å². The van der Waals surface area contributed by atoms with E-state index in [9.17, 15) is 0 Å². The maximum Gasteiger partial charge on any atom is 0.120 e. The van der Waals surface area contributed by atoms with Crippen LogP contribution in [0.1, 0.15) is 18.4 Å². The fraction of sp³-hybridized carbons (Fsp3) is 0.333. The molecule has 1 saturated heterocycles. The molecule has 0 aliphatic carbocycles. The van der Waals surface area contributed by atoms with Gasteiger partial charge in [-0.1, -0.05) is 50.4 Å². The van der Waals surface area contributed by atoms with E-state index in [0.29, 0.717) is 6.61 Å². The maximum atomic E-state index is 6.22. The molecule has 0 bridgehead atoms. The second-order valence-corrected chi connectivity index (χ2v) is 9.75. The summed E-state index contributed by atoms with van der Waals surface area (Å²) in [4.78, 5) is 0. The van der Waals surface area contributed by atoms with Crippen LogP contribution in [0.25, 0.3) is 0 Å². The minimum Gasteiger partial charge on any atom is -0.489 e. The first-order valence-corrected chi connectivity index (χ1v) is 9.99. The van der Waals surface area contributed by atoms with Gasteiger partial charge in [-0.3, -0.25) is 0 Å². The monoisotopic (exact) mass is 352 g/mol. The molecule has 22 heavy (non-hydrogen) atoms. The fourth-order valence-electron chi connectivity index (χ4n) is 2.60. The molecule has 0 amide bonds. The molecule has 1 aliphatic rings. The number of benzene rings is 2. The number of hydrogen-bond donors (Lipinski definition) is 0. The summed E-state index contributed by atoms with van der Waals surface area (Å²) in [7, 11) is -0.155. The molecule has 0 unspecified atom stereocenters. The van der Waals surface area contributed by atoms with Gasteiger partial charge in [-0.15, -0.1) is 23.2 Å². The highest BCUT2D eigenvalue weighted by Gasteiger charge is 2.31. The Balaban J connectivity index is 1.63. The Morgan fingerprint density at radius 1 is 0.955 bits per heavy atom. The molecule has 0 spiro atoms. The molecule has 0 N–H and O–H groups in total. The van der Waals surface area contributed by atoms with Crippen molar-refractivity contribution in [2.75, 3.05) is 12.3 Å². The minimum absolute atomic E-state index is 0.155. The predicted octanol–water partition coefficient (Wildman–Crippen LogP) is 5.34. The normalized spacial score (nSPS) is 18.1. The van der Waals surface area contributed by atoms with Crippen molar-refractivity contribution in [1.29, 1.82) is 0 Å². The van der Waals surface area contributed by atoms with Crippen molar-refractivity contribution in [2.24, 2.45) is 0 Å². The number of alkyl halides is 2. The van der Waals surface area contributed by atoms with Crippen LogP contribution in [-0.2, 0) is 6.61 Å². The highest BCUT2D eigenvalue weighted by Crippen LogP contribution is 2.48. The van der Waals surface area contributed by atoms with Crippen LogP contribution in [0.15, 0.2) is 54.6 Å². The van der Waals surface area contributed by atoms with Gasteiger partial charge in [0.25, 0.3) is 0 Å². The first-order chi connectivity index (χ1) is 10.6. The average Bonchev–Trinajstić information content (AvgIpc) is 2.54.